The molecule has 1 aliphatic rings. The average molecular weight is 112 g/mol. The molecule has 0 aromatic heterocycles. The molecule has 1 nitrogen and oxygen atoms in total. The van der Waals surface area contributed by atoms with Crippen molar-refractivity contribution >= 4 is 0 Å². The highest BCUT2D eigenvalue weighted by molar-refractivity contribution is 4.87. The Morgan fingerprint density at radius 1 is 1.29 bits per heavy atom. The minimum Gasteiger partial charge on any atom is -0.270 e. The SMILES string of the molecule is CC1(F)OC1(F)F. The highest BCUT2D eigenvalue weighted by Crippen LogP contribution is 2.51. The van der Waals surface area contributed by atoms with E-state index in [9.17, 15) is 13.2 Å². The van der Waals surface area contributed by atoms with Gasteiger partial charge in [-0.1, -0.05) is 0 Å². The third-order valence-corrected chi connectivity index (χ3v) is 0.798. The van der Waals surface area contributed by atoms with Crippen LogP contribution in [0.15, 0.2) is 0 Å². The first-order valence-electron chi connectivity index (χ1n) is 1.73. The lowest BCUT2D eigenvalue weighted by Gasteiger charge is -1.83. The summed E-state index contributed by atoms with van der Waals surface area (Å²) in [6, 6.07) is 0. The van der Waals surface area contributed by atoms with E-state index in [-0.39, 0.29) is 0 Å². The van der Waals surface area contributed by atoms with Crippen LogP contribution in [0.4, 0.5) is 13.2 Å². The van der Waals surface area contributed by atoms with Crippen molar-refractivity contribution in [1.29, 1.82) is 0 Å². The Balaban J connectivity index is 2.59. The molecule has 0 saturated carbocycles. The largest absolute Gasteiger partial charge is 0.417 e. The number of rotatable bonds is 0. The Hall–Kier alpha value is -0.250. The molecule has 1 rings (SSSR count). The minimum atomic E-state index is -3.52. The predicted octanol–water partition coefficient (Wildman–Crippen LogP) is 1.30. The fourth-order valence-corrected chi connectivity index (χ4v) is 0.215. The zero-order valence-corrected chi connectivity index (χ0v) is 3.54. The summed E-state index contributed by atoms with van der Waals surface area (Å²) in [6.45, 7) is 0.688. The van der Waals surface area contributed by atoms with Crippen molar-refractivity contribution in [3.05, 3.63) is 0 Å². The Bertz CT molecular complexity index is 86.4. The molecule has 42 valence electrons. The van der Waals surface area contributed by atoms with Crippen LogP contribution in [-0.2, 0) is 4.74 Å². The molecule has 0 aromatic rings. The van der Waals surface area contributed by atoms with Gasteiger partial charge in [0.25, 0.3) is 0 Å². The van der Waals surface area contributed by atoms with Gasteiger partial charge in [0.15, 0.2) is 0 Å². The molecule has 1 heterocycles. The zero-order valence-electron chi connectivity index (χ0n) is 3.54. The second-order valence-electron chi connectivity index (χ2n) is 1.54. The first kappa shape index (κ1) is 4.90. The first-order valence-corrected chi connectivity index (χ1v) is 1.73. The standard InChI is InChI=1S/C3H3F3O/c1-2(4)3(5,6)7-2/h1H3. The van der Waals surface area contributed by atoms with Gasteiger partial charge in [-0.2, -0.15) is 8.78 Å². The number of epoxide rings is 1. The van der Waals surface area contributed by atoms with Crippen molar-refractivity contribution in [3.63, 3.8) is 0 Å². The molecule has 1 aliphatic heterocycles. The van der Waals surface area contributed by atoms with E-state index in [4.69, 9.17) is 0 Å². The van der Waals surface area contributed by atoms with Crippen LogP contribution in [0.25, 0.3) is 0 Å². The molecule has 1 atom stereocenters. The maximum absolute atomic E-state index is 11.6. The summed E-state index contributed by atoms with van der Waals surface area (Å²) in [7, 11) is 0. The molecule has 0 N–H and O–H groups in total. The fourth-order valence-electron chi connectivity index (χ4n) is 0.215. The summed E-state index contributed by atoms with van der Waals surface area (Å²) < 4.78 is 37.5. The van der Waals surface area contributed by atoms with Gasteiger partial charge in [-0.25, -0.2) is 4.39 Å². The second-order valence-corrected chi connectivity index (χ2v) is 1.54. The van der Waals surface area contributed by atoms with Gasteiger partial charge < -0.3 is 0 Å². The van der Waals surface area contributed by atoms with Gasteiger partial charge in [-0.3, -0.25) is 4.74 Å². The van der Waals surface area contributed by atoms with Crippen LogP contribution in [0.5, 0.6) is 0 Å². The minimum absolute atomic E-state index is 0.688. The number of hydrogen-bond acceptors (Lipinski definition) is 1. The molecule has 0 aromatic carbocycles. The van der Waals surface area contributed by atoms with Crippen LogP contribution in [0.2, 0.25) is 0 Å². The molecule has 0 radical (unpaired) electrons. The van der Waals surface area contributed by atoms with Crippen molar-refractivity contribution in [2.24, 2.45) is 0 Å². The average Bonchev–Trinajstić information content (AvgIpc) is 1.63. The van der Waals surface area contributed by atoms with Crippen LogP contribution in [0, 0.1) is 0 Å². The van der Waals surface area contributed by atoms with E-state index in [1.54, 1.807) is 0 Å². The van der Waals surface area contributed by atoms with Gasteiger partial charge in [0.05, 0.1) is 0 Å². The lowest BCUT2D eigenvalue weighted by atomic mass is 10.5. The Morgan fingerprint density at radius 2 is 1.43 bits per heavy atom. The predicted molar refractivity (Wildman–Crippen MR) is 15.5 cm³/mol. The molecule has 1 saturated heterocycles. The normalized spacial score (nSPS) is 46.3. The smallest absolute Gasteiger partial charge is 0.270 e. The maximum atomic E-state index is 11.6. The second kappa shape index (κ2) is 0.798. The molecular formula is C3H3F3O. The van der Waals surface area contributed by atoms with E-state index < -0.39 is 12.0 Å². The van der Waals surface area contributed by atoms with E-state index in [1.165, 1.54) is 0 Å². The summed E-state index contributed by atoms with van der Waals surface area (Å²) in [5.41, 5.74) is 0. The summed E-state index contributed by atoms with van der Waals surface area (Å²) in [5.74, 6) is -2.69. The van der Waals surface area contributed by atoms with Crippen LogP contribution in [0.3, 0.4) is 0 Å². The number of hydrogen-bond donors (Lipinski definition) is 0. The van der Waals surface area contributed by atoms with Gasteiger partial charge in [-0.15, -0.1) is 0 Å². The van der Waals surface area contributed by atoms with E-state index in [2.05, 4.69) is 4.74 Å². The van der Waals surface area contributed by atoms with Crippen molar-refractivity contribution < 1.29 is 17.9 Å². The fraction of sp³-hybridized carbons (Fsp3) is 1.00. The van der Waals surface area contributed by atoms with E-state index >= 15 is 0 Å². The molecule has 0 aliphatic carbocycles. The lowest BCUT2D eigenvalue weighted by molar-refractivity contribution is -0.00105. The lowest BCUT2D eigenvalue weighted by Crippen LogP contribution is -2.04. The number of ether oxygens (including phenoxy) is 1. The van der Waals surface area contributed by atoms with Gasteiger partial charge in [-0.05, 0) is 0 Å². The van der Waals surface area contributed by atoms with Crippen LogP contribution in [-0.4, -0.2) is 12.0 Å². The molecule has 4 heteroatoms. The third-order valence-electron chi connectivity index (χ3n) is 0.798. The summed E-state index contributed by atoms with van der Waals surface area (Å²) >= 11 is 0. The van der Waals surface area contributed by atoms with Crippen LogP contribution < -0.4 is 0 Å². The van der Waals surface area contributed by atoms with Gasteiger partial charge >= 0.3 is 12.0 Å². The molecule has 1 unspecified atom stereocenters. The highest BCUT2D eigenvalue weighted by atomic mass is 19.3. The Kier molecular flexibility index (Phi) is 0.558. The van der Waals surface area contributed by atoms with Gasteiger partial charge in [0.1, 0.15) is 0 Å². The molecular weight excluding hydrogens is 109 g/mol. The highest BCUT2D eigenvalue weighted by Gasteiger charge is 2.73. The number of alkyl halides is 3. The molecule has 0 amide bonds. The molecule has 7 heavy (non-hydrogen) atoms. The quantitative estimate of drug-likeness (QED) is 0.430. The number of halogens is 3. The Morgan fingerprint density at radius 3 is 1.43 bits per heavy atom. The van der Waals surface area contributed by atoms with Crippen molar-refractivity contribution in [2.75, 3.05) is 0 Å². The molecule has 0 bridgehead atoms. The maximum Gasteiger partial charge on any atom is 0.417 e. The zero-order chi connectivity index (χ0) is 5.71. The van der Waals surface area contributed by atoms with E-state index in [0.29, 0.717) is 6.92 Å². The van der Waals surface area contributed by atoms with Crippen molar-refractivity contribution in [2.45, 2.75) is 18.9 Å². The van der Waals surface area contributed by atoms with Crippen molar-refractivity contribution in [1.82, 2.24) is 0 Å². The Labute approximate surface area is 38.1 Å². The van der Waals surface area contributed by atoms with Crippen LogP contribution >= 0.6 is 0 Å². The van der Waals surface area contributed by atoms with E-state index in [0.717, 1.165) is 0 Å². The molecule has 0 spiro atoms. The van der Waals surface area contributed by atoms with Crippen LogP contribution in [0.1, 0.15) is 6.92 Å². The first-order chi connectivity index (χ1) is 2.96. The summed E-state index contributed by atoms with van der Waals surface area (Å²) in [4.78, 5) is 0. The van der Waals surface area contributed by atoms with Gasteiger partial charge in [0.2, 0.25) is 0 Å². The summed E-state index contributed by atoms with van der Waals surface area (Å²) in [6.07, 6.45) is -3.52. The molecule has 1 fully saturated rings. The van der Waals surface area contributed by atoms with Gasteiger partial charge in [0, 0.05) is 6.92 Å². The monoisotopic (exact) mass is 112 g/mol. The van der Waals surface area contributed by atoms with Crippen molar-refractivity contribution in [3.8, 4) is 0 Å². The van der Waals surface area contributed by atoms with E-state index in [1.807, 2.05) is 0 Å². The third kappa shape index (κ3) is 0.497. The summed E-state index contributed by atoms with van der Waals surface area (Å²) in [5, 5.41) is 0. The topological polar surface area (TPSA) is 12.5 Å².